The Morgan fingerprint density at radius 2 is 0.860 bits per heavy atom. The molecule has 0 heteroatoms. The lowest BCUT2D eigenvalue weighted by molar-refractivity contribution is 0.949. The van der Waals surface area contributed by atoms with Crippen molar-refractivity contribution in [2.75, 3.05) is 0 Å². The van der Waals surface area contributed by atoms with Gasteiger partial charge < -0.3 is 0 Å². The average Bonchev–Trinajstić information content (AvgIpc) is 3.28. The number of hydrogen-bond acceptors (Lipinski definition) is 0. The molecule has 1 aliphatic rings. The van der Waals surface area contributed by atoms with Crippen LogP contribution >= 0.6 is 0 Å². The number of benzene rings is 10. The van der Waals surface area contributed by atoms with Gasteiger partial charge in [-0.25, -0.2) is 0 Å². The number of allylic oxidation sites excluding steroid dienone is 2. The van der Waals surface area contributed by atoms with E-state index in [4.69, 9.17) is 0 Å². The summed E-state index contributed by atoms with van der Waals surface area (Å²) < 4.78 is 0. The van der Waals surface area contributed by atoms with Gasteiger partial charge in [0.05, 0.1) is 0 Å². The van der Waals surface area contributed by atoms with Crippen LogP contribution in [0, 0.1) is 0 Å². The summed E-state index contributed by atoms with van der Waals surface area (Å²) in [6.07, 6.45) is 12.5. The van der Waals surface area contributed by atoms with E-state index in [-0.39, 0.29) is 0 Å². The van der Waals surface area contributed by atoms with E-state index >= 15 is 0 Å². The normalized spacial score (nSPS) is 12.9. The van der Waals surface area contributed by atoms with E-state index < -0.39 is 0 Å². The van der Waals surface area contributed by atoms with Crippen LogP contribution < -0.4 is 0 Å². The Balaban J connectivity index is 0.922. The summed E-state index contributed by atoms with van der Waals surface area (Å²) in [5.41, 5.74) is 13.3. The Morgan fingerprint density at radius 1 is 0.439 bits per heavy atom. The summed E-state index contributed by atoms with van der Waals surface area (Å²) in [4.78, 5) is 0. The monoisotopic (exact) mass is 726 g/mol. The third-order valence-corrected chi connectivity index (χ3v) is 12.6. The first-order valence-electron chi connectivity index (χ1n) is 20.5. The van der Waals surface area contributed by atoms with Crippen LogP contribution in [-0.2, 0) is 12.8 Å². The third kappa shape index (κ3) is 5.51. The molecule has 11 rings (SSSR count). The molecule has 0 saturated carbocycles. The molecule has 0 bridgehead atoms. The van der Waals surface area contributed by atoms with E-state index in [9.17, 15) is 0 Å². The van der Waals surface area contributed by atoms with Crippen LogP contribution in [0.25, 0.3) is 110 Å². The average molecular weight is 727 g/mol. The lowest BCUT2D eigenvalue weighted by Crippen LogP contribution is -2.04. The molecule has 0 aromatic heterocycles. The first-order chi connectivity index (χ1) is 28.1. The minimum absolute atomic E-state index is 1.06. The minimum atomic E-state index is 1.06. The highest BCUT2D eigenvalue weighted by molar-refractivity contribution is 6.25. The highest BCUT2D eigenvalue weighted by atomic mass is 14.2. The predicted molar refractivity (Wildman–Crippen MR) is 249 cm³/mol. The Labute approximate surface area is 334 Å². The maximum absolute atomic E-state index is 2.43. The minimum Gasteiger partial charge on any atom is -0.0870 e. The van der Waals surface area contributed by atoms with E-state index in [1.54, 1.807) is 0 Å². The smallest absolute Gasteiger partial charge is 0.00928 e. The van der Waals surface area contributed by atoms with Crippen LogP contribution in [0.15, 0.2) is 170 Å². The first kappa shape index (κ1) is 33.6. The molecule has 1 aliphatic carbocycles. The lowest BCUT2D eigenvalue weighted by Gasteiger charge is -2.22. The van der Waals surface area contributed by atoms with Crippen LogP contribution in [0.5, 0.6) is 0 Å². The maximum Gasteiger partial charge on any atom is -0.00928 e. The summed E-state index contributed by atoms with van der Waals surface area (Å²) in [6, 6.07) is 59.3. The Hall–Kier alpha value is -6.76. The molecular weight excluding hydrogens is 685 g/mol. The maximum atomic E-state index is 2.43. The van der Waals surface area contributed by atoms with Crippen LogP contribution in [0.4, 0.5) is 0 Å². The van der Waals surface area contributed by atoms with Gasteiger partial charge in [0.2, 0.25) is 0 Å². The molecule has 270 valence electrons. The molecule has 0 heterocycles. The molecule has 0 radical (unpaired) electrons. The zero-order valence-corrected chi connectivity index (χ0v) is 32.4. The van der Waals surface area contributed by atoms with Gasteiger partial charge in [0.25, 0.3) is 0 Å². The molecule has 10 aromatic rings. The standard InChI is InChI=1S/C57H42/c1-3-11-47-46(4-2)48-12-5-9-16-52(48)56-34-44(26-28-54(47)56)42-24-22-38-30-36(18-20-40(38)32-42)37-19-21-41-33-43(25-23-39(41)31-37)45-27-29-55-51-15-7-6-13-49(51)50-14-8-10-17-53(50)57(55)35-45/h3,6-11,13-35H,4-5,12H2,1-2H3/b11-3-. The Morgan fingerprint density at radius 3 is 1.35 bits per heavy atom. The van der Waals surface area contributed by atoms with Crippen molar-refractivity contribution in [3.8, 4) is 33.4 Å². The van der Waals surface area contributed by atoms with Gasteiger partial charge in [-0.05, 0) is 183 Å². The molecule has 0 atom stereocenters. The molecule has 10 aromatic carbocycles. The summed E-state index contributed by atoms with van der Waals surface area (Å²) in [7, 11) is 0. The number of rotatable bonds is 5. The van der Waals surface area contributed by atoms with Crippen LogP contribution in [-0.4, -0.2) is 0 Å². The van der Waals surface area contributed by atoms with E-state index in [2.05, 4.69) is 196 Å². The first-order valence-corrected chi connectivity index (χ1v) is 20.5. The van der Waals surface area contributed by atoms with Crippen molar-refractivity contribution in [3.05, 3.63) is 192 Å². The van der Waals surface area contributed by atoms with Crippen LogP contribution in [0.3, 0.4) is 0 Å². The van der Waals surface area contributed by atoms with Gasteiger partial charge in [-0.15, -0.1) is 0 Å². The van der Waals surface area contributed by atoms with Gasteiger partial charge in [-0.3, -0.25) is 0 Å². The van der Waals surface area contributed by atoms with E-state index in [0.717, 1.165) is 19.3 Å². The van der Waals surface area contributed by atoms with Crippen molar-refractivity contribution >= 4 is 76.8 Å². The molecule has 57 heavy (non-hydrogen) atoms. The highest BCUT2D eigenvalue weighted by Gasteiger charge is 2.18. The number of hydrogen-bond donors (Lipinski definition) is 0. The summed E-state index contributed by atoms with van der Waals surface area (Å²) in [6.45, 7) is 4.43. The Kier molecular flexibility index (Phi) is 7.93. The lowest BCUT2D eigenvalue weighted by atomic mass is 9.82. The zero-order chi connectivity index (χ0) is 38.0. The van der Waals surface area contributed by atoms with Gasteiger partial charge in [0.1, 0.15) is 0 Å². The van der Waals surface area contributed by atoms with Crippen molar-refractivity contribution in [1.29, 1.82) is 0 Å². The van der Waals surface area contributed by atoms with Crippen molar-refractivity contribution in [2.45, 2.75) is 33.1 Å². The molecule has 0 spiro atoms. The predicted octanol–water partition coefficient (Wildman–Crippen LogP) is 16.2. The molecular formula is C57H42. The molecule has 0 N–H and O–H groups in total. The van der Waals surface area contributed by atoms with Gasteiger partial charge >= 0.3 is 0 Å². The second kappa shape index (κ2) is 13.5. The SMILES string of the molecule is C/C=C\c1c(CC)c2c(c3cc(-c4ccc5cc(-c6ccc7cc(-c8ccc9c%10ccccc%10c%10ccccc%10c9c8)ccc7c6)ccc5c4)ccc13)C=CCC2. The third-order valence-electron chi connectivity index (χ3n) is 12.6. The van der Waals surface area contributed by atoms with Crippen LogP contribution in [0.1, 0.15) is 42.5 Å². The van der Waals surface area contributed by atoms with Crippen molar-refractivity contribution in [2.24, 2.45) is 0 Å². The van der Waals surface area contributed by atoms with E-state index in [1.807, 2.05) is 0 Å². The molecule has 0 nitrogen and oxygen atoms in total. The van der Waals surface area contributed by atoms with E-state index in [0.29, 0.717) is 0 Å². The molecule has 0 unspecified atom stereocenters. The largest absolute Gasteiger partial charge is 0.0870 e. The summed E-state index contributed by atoms with van der Waals surface area (Å²) >= 11 is 0. The highest BCUT2D eigenvalue weighted by Crippen LogP contribution is 2.40. The van der Waals surface area contributed by atoms with E-state index in [1.165, 1.54) is 120 Å². The van der Waals surface area contributed by atoms with Gasteiger partial charge in [-0.1, -0.05) is 153 Å². The quantitative estimate of drug-likeness (QED) is 0.155. The second-order valence-corrected chi connectivity index (χ2v) is 15.7. The second-order valence-electron chi connectivity index (χ2n) is 15.7. The van der Waals surface area contributed by atoms with Crippen molar-refractivity contribution in [1.82, 2.24) is 0 Å². The fourth-order valence-electron chi connectivity index (χ4n) is 9.79. The molecule has 0 saturated heterocycles. The fourth-order valence-corrected chi connectivity index (χ4v) is 9.79. The molecule has 0 fully saturated rings. The van der Waals surface area contributed by atoms with Gasteiger partial charge in [0.15, 0.2) is 0 Å². The molecule has 0 amide bonds. The summed E-state index contributed by atoms with van der Waals surface area (Å²) in [5, 5.41) is 15.6. The molecule has 0 aliphatic heterocycles. The Bertz CT molecular complexity index is 3300. The van der Waals surface area contributed by atoms with Crippen molar-refractivity contribution in [3.63, 3.8) is 0 Å². The van der Waals surface area contributed by atoms with Crippen LogP contribution in [0.2, 0.25) is 0 Å². The topological polar surface area (TPSA) is 0 Å². The van der Waals surface area contributed by atoms with Crippen molar-refractivity contribution < 1.29 is 0 Å². The number of fused-ring (bicyclic) bond motifs is 11. The summed E-state index contributed by atoms with van der Waals surface area (Å²) in [5.74, 6) is 0. The van der Waals surface area contributed by atoms with Gasteiger partial charge in [-0.2, -0.15) is 0 Å². The zero-order valence-electron chi connectivity index (χ0n) is 32.4. The fraction of sp³-hybridized carbons (Fsp3) is 0.0877. The van der Waals surface area contributed by atoms with Gasteiger partial charge in [0, 0.05) is 0 Å².